The van der Waals surface area contributed by atoms with Crippen molar-refractivity contribution in [3.8, 4) is 28.2 Å². The zero-order valence-electron chi connectivity index (χ0n) is 30.3. The number of nitrogens with one attached hydrogen (secondary N) is 1. The molecule has 21 nitrogen and oxygen atoms in total. The SMILES string of the molecule is Nc1ccn([C@@H]2O[C@H](COP(=O)(O)O[C@H](c3cccc(NC(=O)c4ccc(C(=O)O)c(-c5c6ccc(=O)cc-6oc6cc(O)ccc56)c4)c3)P(=O)(O)O)[C@@H](O)[C@H]2O)c(=O)n1. The molecule has 7 rings (SSSR count). The molecule has 0 bridgehead atoms. The van der Waals surface area contributed by atoms with Gasteiger partial charge in [0.2, 0.25) is 0 Å². The predicted molar refractivity (Wildman–Crippen MR) is 208 cm³/mol. The number of carbonyl (C=O) groups excluding carboxylic acids is 1. The van der Waals surface area contributed by atoms with E-state index >= 15 is 0 Å². The molecule has 3 heterocycles. The van der Waals surface area contributed by atoms with Gasteiger partial charge in [-0.25, -0.2) is 14.2 Å². The van der Waals surface area contributed by atoms with Gasteiger partial charge in [-0.3, -0.25) is 27.8 Å². The van der Waals surface area contributed by atoms with E-state index in [-0.39, 0.29) is 50.9 Å². The van der Waals surface area contributed by atoms with Crippen molar-refractivity contribution in [1.82, 2.24) is 9.55 Å². The van der Waals surface area contributed by atoms with E-state index < -0.39 is 81.0 Å². The Morgan fingerprint density at radius 2 is 1.70 bits per heavy atom. The topological polar surface area (TPSA) is 341 Å². The number of phenols is 1. The lowest BCUT2D eigenvalue weighted by Crippen LogP contribution is -2.36. The summed E-state index contributed by atoms with van der Waals surface area (Å²) >= 11 is 0. The second-order valence-electron chi connectivity index (χ2n) is 13.4. The minimum Gasteiger partial charge on any atom is -0.508 e. The molecule has 0 saturated carbocycles. The number of nitrogen functional groups attached to an aromatic ring is 1. The monoisotopic (exact) mass is 866 g/mol. The number of carboxylic acid groups (broad SMARTS) is 1. The van der Waals surface area contributed by atoms with Crippen LogP contribution in [0.2, 0.25) is 0 Å². The fourth-order valence-corrected chi connectivity index (χ4v) is 8.73. The maximum atomic E-state index is 13.7. The molecule has 0 radical (unpaired) electrons. The number of aromatic hydroxyl groups is 1. The normalized spacial score (nSPS) is 19.6. The molecule has 6 atom stereocenters. The number of phosphoric acid groups is 1. The van der Waals surface area contributed by atoms with Crippen LogP contribution in [0, 0.1) is 0 Å². The van der Waals surface area contributed by atoms with Crippen molar-refractivity contribution >= 4 is 49.8 Å². The van der Waals surface area contributed by atoms with Gasteiger partial charge in [-0.15, -0.1) is 0 Å². The Labute approximate surface area is 335 Å². The zero-order valence-corrected chi connectivity index (χ0v) is 32.1. The Kier molecular flexibility index (Phi) is 11.3. The first-order valence-corrected chi connectivity index (χ1v) is 20.5. The molecule has 60 heavy (non-hydrogen) atoms. The van der Waals surface area contributed by atoms with E-state index in [4.69, 9.17) is 23.9 Å². The third kappa shape index (κ3) is 8.62. The van der Waals surface area contributed by atoms with E-state index in [2.05, 4.69) is 10.3 Å². The summed E-state index contributed by atoms with van der Waals surface area (Å²) in [5.41, 5.74) is 3.99. The largest absolute Gasteiger partial charge is 0.508 e. The van der Waals surface area contributed by atoms with Crippen molar-refractivity contribution in [1.29, 1.82) is 0 Å². The van der Waals surface area contributed by atoms with Crippen molar-refractivity contribution in [2.45, 2.75) is 30.4 Å². The number of benzene rings is 4. The number of aromatic carboxylic acids is 1. The Morgan fingerprint density at radius 1 is 0.933 bits per heavy atom. The molecule has 1 aromatic heterocycles. The summed E-state index contributed by atoms with van der Waals surface area (Å²) in [6.07, 6.45) is -5.47. The van der Waals surface area contributed by atoms with Gasteiger partial charge < -0.3 is 55.3 Å². The first kappa shape index (κ1) is 42.0. The van der Waals surface area contributed by atoms with Crippen LogP contribution in [0.15, 0.2) is 105 Å². The molecule has 3 aliphatic rings. The van der Waals surface area contributed by atoms with Gasteiger partial charge in [-0.2, -0.15) is 4.98 Å². The third-order valence-corrected chi connectivity index (χ3v) is 11.4. The smallest absolute Gasteiger partial charge is 0.473 e. The lowest BCUT2D eigenvalue weighted by Gasteiger charge is -2.23. The molecule has 1 saturated heterocycles. The molecule has 1 unspecified atom stereocenters. The predicted octanol–water partition coefficient (Wildman–Crippen LogP) is 2.99. The summed E-state index contributed by atoms with van der Waals surface area (Å²) in [5.74, 6) is -4.90. The molecule has 312 valence electrons. The van der Waals surface area contributed by atoms with Gasteiger partial charge in [-0.05, 0) is 71.8 Å². The molecule has 0 spiro atoms. The second kappa shape index (κ2) is 16.2. The Bertz CT molecular complexity index is 2860. The van der Waals surface area contributed by atoms with Crippen molar-refractivity contribution in [3.63, 3.8) is 0 Å². The summed E-state index contributed by atoms with van der Waals surface area (Å²) < 4.78 is 47.6. The molecule has 1 aliphatic carbocycles. The fourth-order valence-electron chi connectivity index (χ4n) is 6.56. The van der Waals surface area contributed by atoms with E-state index in [0.29, 0.717) is 10.9 Å². The minimum absolute atomic E-state index is 0.0319. The number of nitrogens with two attached hydrogens (primary N) is 1. The summed E-state index contributed by atoms with van der Waals surface area (Å²) in [6, 6.07) is 17.5. The average Bonchev–Trinajstić information content (AvgIpc) is 3.46. The molecular formula is C37H32N4O17P2. The number of aliphatic hydroxyl groups excluding tert-OH is 2. The maximum absolute atomic E-state index is 13.7. The van der Waals surface area contributed by atoms with Crippen LogP contribution >= 0.6 is 15.4 Å². The summed E-state index contributed by atoms with van der Waals surface area (Å²) in [4.78, 5) is 85.0. The zero-order chi connectivity index (χ0) is 43.3. The number of carbonyl (C=O) groups is 2. The van der Waals surface area contributed by atoms with Crippen LogP contribution < -0.4 is 22.2 Å². The quantitative estimate of drug-likeness (QED) is 0.0630. The average molecular weight is 867 g/mol. The van der Waals surface area contributed by atoms with Crippen molar-refractivity contribution in [2.24, 2.45) is 0 Å². The molecule has 23 heteroatoms. The lowest BCUT2D eigenvalue weighted by atomic mass is 9.89. The summed E-state index contributed by atoms with van der Waals surface area (Å²) in [7, 11) is -10.9. The van der Waals surface area contributed by atoms with Gasteiger partial charge >= 0.3 is 27.1 Å². The van der Waals surface area contributed by atoms with Gasteiger partial charge in [-0.1, -0.05) is 12.1 Å². The molecule has 2 aliphatic heterocycles. The molecule has 10 N–H and O–H groups in total. The van der Waals surface area contributed by atoms with Crippen molar-refractivity contribution in [3.05, 3.63) is 129 Å². The second-order valence-corrected chi connectivity index (χ2v) is 16.4. The van der Waals surface area contributed by atoms with Gasteiger partial charge in [0.1, 0.15) is 41.2 Å². The summed E-state index contributed by atoms with van der Waals surface area (Å²) in [5, 5.41) is 44.1. The van der Waals surface area contributed by atoms with Gasteiger partial charge in [0.25, 0.3) is 5.91 Å². The van der Waals surface area contributed by atoms with Crippen molar-refractivity contribution in [2.75, 3.05) is 17.7 Å². The Morgan fingerprint density at radius 3 is 2.42 bits per heavy atom. The van der Waals surface area contributed by atoms with Crippen LogP contribution in [0.4, 0.5) is 11.5 Å². The summed E-state index contributed by atoms with van der Waals surface area (Å²) in [6.45, 7) is -0.974. The van der Waals surface area contributed by atoms with Crippen LogP contribution in [-0.4, -0.2) is 81.5 Å². The number of carboxylic acids is 1. The number of hydrogen-bond acceptors (Lipinski definition) is 15. The van der Waals surface area contributed by atoms with Crippen LogP contribution in [0.5, 0.6) is 5.75 Å². The van der Waals surface area contributed by atoms with E-state index in [9.17, 15) is 63.4 Å². The number of hydrogen-bond donors (Lipinski definition) is 9. The number of anilines is 2. The molecule has 4 aromatic rings. The van der Waals surface area contributed by atoms with Gasteiger partial charge in [0, 0.05) is 46.1 Å². The van der Waals surface area contributed by atoms with E-state index in [1.807, 2.05) is 0 Å². The first-order valence-electron chi connectivity index (χ1n) is 17.4. The van der Waals surface area contributed by atoms with Crippen LogP contribution in [0.3, 0.4) is 0 Å². The number of phosphoric ester groups is 1. The Balaban J connectivity index is 1.13. The number of nitrogens with zero attached hydrogens (tertiary/aromatic N) is 2. The number of phenolic OH excluding ortho intramolecular Hbond substituents is 1. The van der Waals surface area contributed by atoms with Gasteiger partial charge in [0.15, 0.2) is 17.5 Å². The first-order chi connectivity index (χ1) is 28.3. The highest BCUT2D eigenvalue weighted by atomic mass is 31.2. The van der Waals surface area contributed by atoms with E-state index in [1.165, 1.54) is 72.8 Å². The number of ether oxygens (including phenoxy) is 1. The maximum Gasteiger partial charge on any atom is 0.473 e. The molecule has 3 aromatic carbocycles. The number of aliphatic hydroxyl groups is 2. The minimum atomic E-state index is -5.46. The molecular weight excluding hydrogens is 834 g/mol. The Hall–Kier alpha value is -6.09. The molecule has 1 fully saturated rings. The lowest BCUT2D eigenvalue weighted by molar-refractivity contribution is -0.0556. The van der Waals surface area contributed by atoms with Crippen LogP contribution in [0.1, 0.15) is 38.4 Å². The highest BCUT2D eigenvalue weighted by Crippen LogP contribution is 2.61. The van der Waals surface area contributed by atoms with Crippen LogP contribution in [0.25, 0.3) is 33.4 Å². The number of amides is 1. The highest BCUT2D eigenvalue weighted by Gasteiger charge is 2.46. The van der Waals surface area contributed by atoms with E-state index in [1.54, 1.807) is 0 Å². The molecule has 1 amide bonds. The number of aromatic nitrogens is 2. The number of fused-ring (bicyclic) bond motifs is 2. The van der Waals surface area contributed by atoms with E-state index in [0.717, 1.165) is 22.9 Å². The highest BCUT2D eigenvalue weighted by molar-refractivity contribution is 7.53. The van der Waals surface area contributed by atoms with Gasteiger partial charge in [0.05, 0.1) is 12.2 Å². The van der Waals surface area contributed by atoms with Crippen LogP contribution in [-0.2, 0) is 22.9 Å². The van der Waals surface area contributed by atoms with Crippen molar-refractivity contribution < 1.29 is 72.0 Å². The number of rotatable bonds is 12. The third-order valence-electron chi connectivity index (χ3n) is 9.29. The standard InChI is InChI=1S/C37H32N4O17P2/c38-29-10-11-41(37(49)40-29)34-32(45)31(44)28(57-34)16-55-60(53,54)58-36(59(50,51)52)18-2-1-3-19(12-18)39-33(46)17-4-7-22(35(47)48)25(13-17)30-23-8-5-20(42)14-26(23)56-27-15-21(43)6-9-24(27)30/h1-15,28,31-32,34,36,42,44-45H,16H2,(H,39,46)(H,47,48)(H,53,54)(H2,38,40,49)(H2,50,51,52)/t28-,31-,32-,34-,36+/m1/s1. The fraction of sp³-hybridized carbons (Fsp3) is 0.162.